The summed E-state index contributed by atoms with van der Waals surface area (Å²) in [5.41, 5.74) is 4.01. The van der Waals surface area contributed by atoms with Crippen molar-refractivity contribution in [2.45, 2.75) is 39.2 Å². The number of carbonyl (C=O) groups excluding carboxylic acids is 1. The molecule has 2 atom stereocenters. The molecule has 1 N–H and O–H groups in total. The van der Waals surface area contributed by atoms with Crippen molar-refractivity contribution < 1.29 is 9.53 Å². The van der Waals surface area contributed by atoms with Crippen molar-refractivity contribution in [1.82, 2.24) is 10.2 Å². The second-order valence-corrected chi connectivity index (χ2v) is 6.06. The maximum absolute atomic E-state index is 11.6. The van der Waals surface area contributed by atoms with Gasteiger partial charge < -0.3 is 15.0 Å². The van der Waals surface area contributed by atoms with Crippen LogP contribution in [0.4, 0.5) is 4.79 Å². The van der Waals surface area contributed by atoms with Crippen LogP contribution in [-0.4, -0.2) is 43.8 Å². The van der Waals surface area contributed by atoms with Crippen molar-refractivity contribution in [1.29, 1.82) is 0 Å². The van der Waals surface area contributed by atoms with Gasteiger partial charge in [0.2, 0.25) is 0 Å². The van der Waals surface area contributed by atoms with Gasteiger partial charge in [0.1, 0.15) is 0 Å². The third-order valence-corrected chi connectivity index (χ3v) is 4.23. The average molecular weight is 290 g/mol. The van der Waals surface area contributed by atoms with E-state index in [-0.39, 0.29) is 12.1 Å². The summed E-state index contributed by atoms with van der Waals surface area (Å²) in [6.45, 7) is 8.43. The van der Waals surface area contributed by atoms with Gasteiger partial charge in [0.15, 0.2) is 0 Å². The molecule has 0 aliphatic carbocycles. The van der Waals surface area contributed by atoms with E-state index in [1.54, 1.807) is 0 Å². The first-order valence-electron chi connectivity index (χ1n) is 7.68. The molecule has 1 heterocycles. The van der Waals surface area contributed by atoms with Crippen molar-refractivity contribution in [2.24, 2.45) is 0 Å². The van der Waals surface area contributed by atoms with E-state index in [0.29, 0.717) is 12.5 Å². The highest BCUT2D eigenvalue weighted by atomic mass is 16.5. The first-order chi connectivity index (χ1) is 9.99. The van der Waals surface area contributed by atoms with E-state index < -0.39 is 0 Å². The Balaban J connectivity index is 2.06. The number of carbonyl (C=O) groups is 1. The number of rotatable bonds is 3. The van der Waals surface area contributed by atoms with Gasteiger partial charge in [-0.25, -0.2) is 4.79 Å². The van der Waals surface area contributed by atoms with Crippen LogP contribution in [0.1, 0.15) is 36.0 Å². The summed E-state index contributed by atoms with van der Waals surface area (Å²) in [4.78, 5) is 13.9. The maximum Gasteiger partial charge on any atom is 0.407 e. The molecular formula is C17H26N2O2. The number of likely N-dealkylation sites (N-methyl/N-ethyl adjacent to an activating group) is 1. The van der Waals surface area contributed by atoms with Crippen molar-refractivity contribution in [3.8, 4) is 0 Å². The molecule has 1 saturated heterocycles. The first-order valence-corrected chi connectivity index (χ1v) is 7.68. The largest absolute Gasteiger partial charge is 0.450 e. The molecule has 0 spiro atoms. The number of likely N-dealkylation sites (tertiary alicyclic amines) is 1. The Bertz CT molecular complexity index is 502. The SMILES string of the molecule is CCOC(=O)NC1CC(c2ccc(C)c(C)c2)CN(C)C1. The maximum atomic E-state index is 11.6. The molecule has 1 fully saturated rings. The molecule has 21 heavy (non-hydrogen) atoms. The molecule has 0 radical (unpaired) electrons. The summed E-state index contributed by atoms with van der Waals surface area (Å²) in [6.07, 6.45) is 0.655. The van der Waals surface area contributed by atoms with Crippen LogP contribution in [0.25, 0.3) is 0 Å². The van der Waals surface area contributed by atoms with Crippen molar-refractivity contribution in [3.05, 3.63) is 34.9 Å². The summed E-state index contributed by atoms with van der Waals surface area (Å²) in [5.74, 6) is 0.454. The highest BCUT2D eigenvalue weighted by Gasteiger charge is 2.27. The van der Waals surface area contributed by atoms with E-state index in [9.17, 15) is 4.79 Å². The van der Waals surface area contributed by atoms with Gasteiger partial charge in [0.25, 0.3) is 0 Å². The quantitative estimate of drug-likeness (QED) is 0.930. The lowest BCUT2D eigenvalue weighted by atomic mass is 9.87. The van der Waals surface area contributed by atoms with Gasteiger partial charge >= 0.3 is 6.09 Å². The number of nitrogens with zero attached hydrogens (tertiary/aromatic N) is 1. The lowest BCUT2D eigenvalue weighted by Crippen LogP contribution is -2.49. The highest BCUT2D eigenvalue weighted by Crippen LogP contribution is 2.27. The van der Waals surface area contributed by atoms with Crippen molar-refractivity contribution >= 4 is 6.09 Å². The minimum Gasteiger partial charge on any atom is -0.450 e. The van der Waals surface area contributed by atoms with Gasteiger partial charge in [-0.2, -0.15) is 0 Å². The van der Waals surface area contributed by atoms with Crippen LogP contribution >= 0.6 is 0 Å². The molecule has 0 aromatic heterocycles. The average Bonchev–Trinajstić information content (AvgIpc) is 2.41. The van der Waals surface area contributed by atoms with Crippen LogP contribution in [0.15, 0.2) is 18.2 Å². The monoisotopic (exact) mass is 290 g/mol. The summed E-state index contributed by atoms with van der Waals surface area (Å²) in [6, 6.07) is 6.83. The molecule has 0 saturated carbocycles. The molecule has 1 aliphatic heterocycles. The Morgan fingerprint density at radius 2 is 2.10 bits per heavy atom. The van der Waals surface area contributed by atoms with Crippen molar-refractivity contribution in [2.75, 3.05) is 26.7 Å². The number of hydrogen-bond donors (Lipinski definition) is 1. The molecule has 4 nitrogen and oxygen atoms in total. The lowest BCUT2D eigenvalue weighted by molar-refractivity contribution is 0.135. The number of ether oxygens (including phenoxy) is 1. The van der Waals surface area contributed by atoms with Gasteiger partial charge in [0.05, 0.1) is 6.61 Å². The minimum absolute atomic E-state index is 0.148. The molecule has 1 aromatic carbocycles. The van der Waals surface area contributed by atoms with Crippen LogP contribution < -0.4 is 5.32 Å². The van der Waals surface area contributed by atoms with E-state index in [4.69, 9.17) is 4.74 Å². The number of nitrogens with one attached hydrogen (secondary N) is 1. The van der Waals surface area contributed by atoms with Crippen LogP contribution in [0.2, 0.25) is 0 Å². The van der Waals surface area contributed by atoms with E-state index in [2.05, 4.69) is 49.3 Å². The number of amides is 1. The number of alkyl carbamates (subject to hydrolysis) is 1. The van der Waals surface area contributed by atoms with E-state index >= 15 is 0 Å². The lowest BCUT2D eigenvalue weighted by Gasteiger charge is -2.36. The van der Waals surface area contributed by atoms with Gasteiger partial charge in [0, 0.05) is 19.1 Å². The number of benzene rings is 1. The fraction of sp³-hybridized carbons (Fsp3) is 0.588. The molecule has 4 heteroatoms. The Hall–Kier alpha value is -1.55. The van der Waals surface area contributed by atoms with E-state index in [0.717, 1.165) is 19.5 Å². The predicted octanol–water partition coefficient (Wildman–Crippen LogP) is 2.84. The second-order valence-electron chi connectivity index (χ2n) is 6.06. The van der Waals surface area contributed by atoms with Gasteiger partial charge in [-0.15, -0.1) is 0 Å². The van der Waals surface area contributed by atoms with E-state index in [1.807, 2.05) is 6.92 Å². The van der Waals surface area contributed by atoms with Gasteiger partial charge in [-0.1, -0.05) is 18.2 Å². The van der Waals surface area contributed by atoms with Crippen LogP contribution in [0.5, 0.6) is 0 Å². The van der Waals surface area contributed by atoms with E-state index in [1.165, 1.54) is 16.7 Å². The Morgan fingerprint density at radius 1 is 1.33 bits per heavy atom. The normalized spacial score (nSPS) is 22.9. The van der Waals surface area contributed by atoms with Gasteiger partial charge in [-0.3, -0.25) is 0 Å². The Morgan fingerprint density at radius 3 is 2.76 bits per heavy atom. The standard InChI is InChI=1S/C17H26N2O2/c1-5-21-17(20)18-16-9-15(10-19(4)11-16)14-7-6-12(2)13(3)8-14/h6-8,15-16H,5,9-11H2,1-4H3,(H,18,20). The zero-order valence-corrected chi connectivity index (χ0v) is 13.5. The third-order valence-electron chi connectivity index (χ3n) is 4.23. The Kier molecular flexibility index (Phi) is 5.23. The number of piperidine rings is 1. The van der Waals surface area contributed by atoms with Crippen LogP contribution in [-0.2, 0) is 4.74 Å². The summed E-state index contributed by atoms with van der Waals surface area (Å²) >= 11 is 0. The van der Waals surface area contributed by atoms with Crippen molar-refractivity contribution in [3.63, 3.8) is 0 Å². The van der Waals surface area contributed by atoms with Gasteiger partial charge in [-0.05, 0) is 56.8 Å². The molecule has 2 unspecified atom stereocenters. The minimum atomic E-state index is -0.309. The fourth-order valence-electron chi connectivity index (χ4n) is 3.02. The molecule has 1 aromatic rings. The third kappa shape index (κ3) is 4.21. The zero-order chi connectivity index (χ0) is 15.4. The smallest absolute Gasteiger partial charge is 0.407 e. The molecule has 116 valence electrons. The molecule has 1 aliphatic rings. The molecule has 1 amide bonds. The molecule has 0 bridgehead atoms. The first kappa shape index (κ1) is 15.8. The number of hydrogen-bond acceptors (Lipinski definition) is 3. The topological polar surface area (TPSA) is 41.6 Å². The second kappa shape index (κ2) is 6.94. The zero-order valence-electron chi connectivity index (χ0n) is 13.5. The fourth-order valence-corrected chi connectivity index (χ4v) is 3.02. The highest BCUT2D eigenvalue weighted by molar-refractivity contribution is 5.67. The Labute approximate surface area is 127 Å². The summed E-state index contributed by atoms with van der Waals surface area (Å²) in [5, 5.41) is 2.97. The van der Waals surface area contributed by atoms with Crippen LogP contribution in [0, 0.1) is 13.8 Å². The summed E-state index contributed by atoms with van der Waals surface area (Å²) < 4.78 is 4.99. The number of aryl methyl sites for hydroxylation is 2. The molecule has 2 rings (SSSR count). The van der Waals surface area contributed by atoms with Crippen LogP contribution in [0.3, 0.4) is 0 Å². The molecular weight excluding hydrogens is 264 g/mol. The summed E-state index contributed by atoms with van der Waals surface area (Å²) in [7, 11) is 2.10. The predicted molar refractivity (Wildman–Crippen MR) is 84.7 cm³/mol.